The molecule has 6 nitrogen and oxygen atoms in total. The van der Waals surface area contributed by atoms with Crippen molar-refractivity contribution in [1.82, 2.24) is 0 Å². The lowest BCUT2D eigenvalue weighted by Crippen LogP contribution is -2.26. The van der Waals surface area contributed by atoms with Crippen LogP contribution in [0, 0.1) is 0 Å². The largest absolute Gasteiger partial charge is 0.504 e. The lowest BCUT2D eigenvalue weighted by atomic mass is 9.99. The minimum absolute atomic E-state index is 0.244. The molecule has 2 aromatic rings. The minimum Gasteiger partial charge on any atom is -0.359 e. The molecule has 0 aliphatic rings. The summed E-state index contributed by atoms with van der Waals surface area (Å²) in [6.45, 7) is 4.02. The molecule has 25 heavy (non-hydrogen) atoms. The monoisotopic (exact) mass is 378 g/mol. The predicted octanol–water partition coefficient (Wildman–Crippen LogP) is 3.03. The first-order chi connectivity index (χ1) is 11.7. The molecule has 0 N–H and O–H groups in total. The number of rotatable bonds is 4. The van der Waals surface area contributed by atoms with Crippen LogP contribution >= 0.6 is 0 Å². The SMILES string of the molecule is CCC(C)c1ccc(S(=O)(=O)C(=[N+]=[N-])S(=O)(=O)c2ccccc2)cc1. The van der Waals surface area contributed by atoms with Gasteiger partial charge in [-0.1, -0.05) is 44.2 Å². The standard InChI is InChI=1S/C17H18N2O4S2/c1-3-13(2)14-9-11-16(12-10-14)25(22,23)17(19-18)24(20,21)15-7-5-4-6-8-15/h4-13H,3H2,1-2H3. The number of hydrogen-bond donors (Lipinski definition) is 0. The highest BCUT2D eigenvalue weighted by Gasteiger charge is 2.43. The first-order valence-corrected chi connectivity index (χ1v) is 10.6. The average molecular weight is 378 g/mol. The summed E-state index contributed by atoms with van der Waals surface area (Å²) in [5.41, 5.74) is 10.1. The Bertz CT molecular complexity index is 1010. The van der Waals surface area contributed by atoms with Gasteiger partial charge in [0.05, 0.1) is 9.79 Å². The van der Waals surface area contributed by atoms with Crippen LogP contribution < -0.4 is 0 Å². The second-order valence-electron chi connectivity index (χ2n) is 5.56. The van der Waals surface area contributed by atoms with Crippen molar-refractivity contribution in [3.8, 4) is 0 Å². The van der Waals surface area contributed by atoms with Gasteiger partial charge in [-0.25, -0.2) is 16.8 Å². The Labute approximate surface area is 147 Å². The van der Waals surface area contributed by atoms with E-state index in [0.29, 0.717) is 0 Å². The van der Waals surface area contributed by atoms with Crippen LogP contribution in [0.25, 0.3) is 5.53 Å². The molecule has 0 amide bonds. The van der Waals surface area contributed by atoms with Crippen molar-refractivity contribution in [2.75, 3.05) is 0 Å². The van der Waals surface area contributed by atoms with Gasteiger partial charge in [0.15, 0.2) is 0 Å². The van der Waals surface area contributed by atoms with E-state index >= 15 is 0 Å². The number of benzene rings is 2. The third-order valence-electron chi connectivity index (χ3n) is 3.97. The van der Waals surface area contributed by atoms with Crippen LogP contribution in [0.15, 0.2) is 64.4 Å². The van der Waals surface area contributed by atoms with Crippen LogP contribution in [-0.2, 0) is 19.7 Å². The van der Waals surface area contributed by atoms with Gasteiger partial charge >= 0.3 is 4.38 Å². The van der Waals surface area contributed by atoms with Crippen molar-refractivity contribution in [2.24, 2.45) is 0 Å². The highest BCUT2D eigenvalue weighted by Crippen LogP contribution is 2.23. The van der Waals surface area contributed by atoms with Gasteiger partial charge in [0.25, 0.3) is 19.7 Å². The lowest BCUT2D eigenvalue weighted by molar-refractivity contribution is 0.00380. The summed E-state index contributed by atoms with van der Waals surface area (Å²) in [7, 11) is -8.97. The molecule has 0 bridgehead atoms. The Hall–Kier alpha value is -2.28. The van der Waals surface area contributed by atoms with Gasteiger partial charge in [0, 0.05) is 0 Å². The van der Waals surface area contributed by atoms with Gasteiger partial charge in [-0.2, -0.15) is 0 Å². The highest BCUT2D eigenvalue weighted by atomic mass is 32.3. The molecule has 2 rings (SSSR count). The normalized spacial score (nSPS) is 13.0. The summed E-state index contributed by atoms with van der Waals surface area (Å²) in [5, 5.41) is 0. The van der Waals surface area contributed by atoms with E-state index in [2.05, 4.69) is 4.79 Å². The fraction of sp³-hybridized carbons (Fsp3) is 0.235. The number of hydrogen-bond acceptors (Lipinski definition) is 4. The zero-order chi connectivity index (χ0) is 18.7. The van der Waals surface area contributed by atoms with Gasteiger partial charge in [-0.15, -0.1) is 4.79 Å². The number of nitrogens with zero attached hydrogens (tertiary/aromatic N) is 2. The summed E-state index contributed by atoms with van der Waals surface area (Å²) in [6, 6.07) is 12.9. The molecule has 0 radical (unpaired) electrons. The van der Waals surface area contributed by atoms with E-state index in [9.17, 15) is 16.8 Å². The van der Waals surface area contributed by atoms with Crippen LogP contribution in [-0.4, -0.2) is 26.0 Å². The van der Waals surface area contributed by atoms with E-state index in [-0.39, 0.29) is 15.7 Å². The van der Waals surface area contributed by atoms with Gasteiger partial charge in [-0.05, 0) is 42.2 Å². The molecule has 132 valence electrons. The van der Waals surface area contributed by atoms with Crippen molar-refractivity contribution in [3.05, 3.63) is 65.7 Å². The van der Waals surface area contributed by atoms with Crippen molar-refractivity contribution in [3.63, 3.8) is 0 Å². The predicted molar refractivity (Wildman–Crippen MR) is 94.6 cm³/mol. The first kappa shape index (κ1) is 19.1. The van der Waals surface area contributed by atoms with Crippen molar-refractivity contribution < 1.29 is 21.6 Å². The topological polar surface area (TPSA) is 105 Å². The molecular weight excluding hydrogens is 360 g/mol. The zero-order valence-electron chi connectivity index (χ0n) is 13.8. The first-order valence-electron chi connectivity index (χ1n) is 7.62. The van der Waals surface area contributed by atoms with Crippen LogP contribution in [0.5, 0.6) is 0 Å². The fourth-order valence-corrected chi connectivity index (χ4v) is 5.63. The lowest BCUT2D eigenvalue weighted by Gasteiger charge is -2.09. The summed E-state index contributed by atoms with van der Waals surface area (Å²) >= 11 is 0. The summed E-state index contributed by atoms with van der Waals surface area (Å²) in [4.78, 5) is 2.09. The Balaban J connectivity index is 2.52. The molecule has 2 aromatic carbocycles. The van der Waals surface area contributed by atoms with Crippen molar-refractivity contribution in [1.29, 1.82) is 0 Å². The molecule has 0 aliphatic heterocycles. The molecular formula is C17H18N2O4S2. The second-order valence-corrected chi connectivity index (χ2v) is 9.55. The molecule has 1 unspecified atom stereocenters. The smallest absolute Gasteiger partial charge is 0.359 e. The molecule has 0 heterocycles. The van der Waals surface area contributed by atoms with Gasteiger partial charge in [0.2, 0.25) is 0 Å². The summed E-state index contributed by atoms with van der Waals surface area (Å²) in [6.07, 6.45) is 0.887. The minimum atomic E-state index is -4.49. The molecule has 0 fully saturated rings. The molecule has 0 spiro atoms. The van der Waals surface area contributed by atoms with E-state index in [1.807, 2.05) is 13.8 Å². The Morgan fingerprint density at radius 2 is 1.40 bits per heavy atom. The Morgan fingerprint density at radius 1 is 0.920 bits per heavy atom. The van der Waals surface area contributed by atoms with Crippen molar-refractivity contribution >= 4 is 24.1 Å². The maximum atomic E-state index is 12.7. The van der Waals surface area contributed by atoms with Crippen molar-refractivity contribution in [2.45, 2.75) is 36.0 Å². The van der Waals surface area contributed by atoms with E-state index in [4.69, 9.17) is 5.53 Å². The average Bonchev–Trinajstić information content (AvgIpc) is 2.62. The molecule has 8 heteroatoms. The van der Waals surface area contributed by atoms with Gasteiger partial charge in [0.1, 0.15) is 0 Å². The number of sulfone groups is 2. The van der Waals surface area contributed by atoms with Crippen LogP contribution in [0.1, 0.15) is 31.7 Å². The highest BCUT2D eigenvalue weighted by molar-refractivity contribution is 8.31. The van der Waals surface area contributed by atoms with Crippen LogP contribution in [0.2, 0.25) is 0 Å². The maximum Gasteiger partial charge on any atom is 0.504 e. The quantitative estimate of drug-likeness (QED) is 0.353. The maximum absolute atomic E-state index is 12.7. The van der Waals surface area contributed by atoms with Crippen LogP contribution in [0.3, 0.4) is 0 Å². The van der Waals surface area contributed by atoms with E-state index in [0.717, 1.165) is 12.0 Å². The van der Waals surface area contributed by atoms with Gasteiger partial charge < -0.3 is 5.53 Å². The molecule has 0 aliphatic carbocycles. The zero-order valence-corrected chi connectivity index (χ0v) is 15.5. The summed E-state index contributed by atoms with van der Waals surface area (Å²) < 4.78 is 49.1. The second kappa shape index (κ2) is 7.31. The van der Waals surface area contributed by atoms with Gasteiger partial charge in [-0.3, -0.25) is 0 Å². The summed E-state index contributed by atoms with van der Waals surface area (Å²) in [5.74, 6) is 0.246. The third-order valence-corrected chi connectivity index (χ3v) is 8.15. The molecule has 1 atom stereocenters. The van der Waals surface area contributed by atoms with E-state index < -0.39 is 24.1 Å². The Morgan fingerprint density at radius 3 is 1.84 bits per heavy atom. The van der Waals surface area contributed by atoms with E-state index in [1.54, 1.807) is 18.2 Å². The molecule has 0 saturated carbocycles. The fourth-order valence-electron chi connectivity index (χ4n) is 2.26. The van der Waals surface area contributed by atoms with E-state index in [1.165, 1.54) is 36.4 Å². The molecule has 0 saturated heterocycles. The van der Waals surface area contributed by atoms with Crippen LogP contribution in [0.4, 0.5) is 0 Å². The molecule has 0 aromatic heterocycles. The third kappa shape index (κ3) is 3.71. The Kier molecular flexibility index (Phi) is 5.57.